The van der Waals surface area contributed by atoms with Crippen LogP contribution in [0.1, 0.15) is 16.6 Å². The minimum absolute atomic E-state index is 0.0618. The fraction of sp³-hybridized carbons (Fsp3) is 0.182. The number of hydrogen-bond acceptors (Lipinski definition) is 4. The van der Waals surface area contributed by atoms with E-state index in [0.717, 1.165) is 15.9 Å². The molecule has 2 heterocycles. The van der Waals surface area contributed by atoms with E-state index in [2.05, 4.69) is 32.4 Å². The first-order valence-electron chi connectivity index (χ1n) is 4.91. The molecule has 0 aliphatic rings. The van der Waals surface area contributed by atoms with Gasteiger partial charge in [0.25, 0.3) is 0 Å². The zero-order valence-corrected chi connectivity index (χ0v) is 11.0. The van der Waals surface area contributed by atoms with E-state index in [9.17, 15) is 0 Å². The Kier molecular flexibility index (Phi) is 4.06. The first-order chi connectivity index (χ1) is 7.79. The Balaban J connectivity index is 2.12. The fourth-order valence-electron chi connectivity index (χ4n) is 1.49. The van der Waals surface area contributed by atoms with Crippen molar-refractivity contribution < 1.29 is 0 Å². The molecule has 0 saturated carbocycles. The van der Waals surface area contributed by atoms with E-state index in [4.69, 9.17) is 5.84 Å². The van der Waals surface area contributed by atoms with Crippen molar-refractivity contribution >= 4 is 27.3 Å². The molecule has 0 spiro atoms. The highest BCUT2D eigenvalue weighted by atomic mass is 79.9. The number of hydrogen-bond donors (Lipinski definition) is 2. The van der Waals surface area contributed by atoms with Crippen LogP contribution < -0.4 is 11.3 Å². The Labute approximate surface area is 107 Å². The lowest BCUT2D eigenvalue weighted by atomic mass is 10.1. The minimum atomic E-state index is 0.0618. The van der Waals surface area contributed by atoms with Gasteiger partial charge in [-0.05, 0) is 40.2 Å². The Morgan fingerprint density at radius 2 is 2.25 bits per heavy atom. The average Bonchev–Trinajstić information content (AvgIpc) is 2.73. The van der Waals surface area contributed by atoms with E-state index >= 15 is 0 Å². The normalized spacial score (nSPS) is 12.6. The molecule has 1 unspecified atom stereocenters. The third-order valence-corrected chi connectivity index (χ3v) is 3.93. The monoisotopic (exact) mass is 297 g/mol. The topological polar surface area (TPSA) is 50.9 Å². The molecule has 2 aromatic heterocycles. The summed E-state index contributed by atoms with van der Waals surface area (Å²) in [6.45, 7) is 0. The summed E-state index contributed by atoms with van der Waals surface area (Å²) in [6.07, 6.45) is 2.63. The van der Waals surface area contributed by atoms with Gasteiger partial charge in [-0.25, -0.2) is 0 Å². The van der Waals surface area contributed by atoms with Crippen LogP contribution in [-0.2, 0) is 6.42 Å². The third-order valence-electron chi connectivity index (χ3n) is 2.28. The maximum absolute atomic E-state index is 5.56. The number of nitrogens with two attached hydrogens (primary N) is 1. The number of rotatable bonds is 4. The van der Waals surface area contributed by atoms with Crippen molar-refractivity contribution in [2.45, 2.75) is 12.5 Å². The Bertz CT molecular complexity index is 444. The predicted molar refractivity (Wildman–Crippen MR) is 70.0 cm³/mol. The second-order valence-electron chi connectivity index (χ2n) is 3.38. The molecule has 0 aliphatic heterocycles. The van der Waals surface area contributed by atoms with Crippen LogP contribution in [0.25, 0.3) is 0 Å². The lowest BCUT2D eigenvalue weighted by Crippen LogP contribution is -2.29. The van der Waals surface area contributed by atoms with Gasteiger partial charge in [0.15, 0.2) is 0 Å². The van der Waals surface area contributed by atoms with Crippen molar-refractivity contribution in [3.63, 3.8) is 0 Å². The van der Waals surface area contributed by atoms with E-state index in [-0.39, 0.29) is 6.04 Å². The Hall–Kier alpha value is -0.750. The van der Waals surface area contributed by atoms with Gasteiger partial charge in [0.05, 0.1) is 15.5 Å². The molecule has 0 fully saturated rings. The summed E-state index contributed by atoms with van der Waals surface area (Å²) in [7, 11) is 0. The smallest absolute Gasteiger partial charge is 0.0701 e. The molecule has 84 valence electrons. The predicted octanol–water partition coefficient (Wildman–Crippen LogP) is 2.65. The zero-order chi connectivity index (χ0) is 11.4. The summed E-state index contributed by atoms with van der Waals surface area (Å²) < 4.78 is 1.14. The van der Waals surface area contributed by atoms with E-state index in [0.29, 0.717) is 0 Å². The van der Waals surface area contributed by atoms with Gasteiger partial charge >= 0.3 is 0 Å². The van der Waals surface area contributed by atoms with Gasteiger partial charge in [0.2, 0.25) is 0 Å². The first-order valence-corrected chi connectivity index (χ1v) is 6.52. The van der Waals surface area contributed by atoms with Crippen LogP contribution >= 0.6 is 27.3 Å². The van der Waals surface area contributed by atoms with Crippen molar-refractivity contribution in [1.29, 1.82) is 0 Å². The van der Waals surface area contributed by atoms with Crippen LogP contribution in [0.3, 0.4) is 0 Å². The summed E-state index contributed by atoms with van der Waals surface area (Å²) in [5.74, 6) is 5.56. The zero-order valence-electron chi connectivity index (χ0n) is 8.56. The number of pyridine rings is 1. The van der Waals surface area contributed by atoms with Crippen LogP contribution in [0.5, 0.6) is 0 Å². The van der Waals surface area contributed by atoms with Gasteiger partial charge in [-0.3, -0.25) is 16.3 Å². The number of hydrazine groups is 1. The number of thiophene rings is 1. The van der Waals surface area contributed by atoms with Crippen molar-refractivity contribution in [3.05, 3.63) is 50.9 Å². The molecule has 0 aromatic carbocycles. The van der Waals surface area contributed by atoms with Gasteiger partial charge in [0, 0.05) is 17.5 Å². The molecule has 0 aliphatic carbocycles. The van der Waals surface area contributed by atoms with Gasteiger partial charge in [-0.15, -0.1) is 11.3 Å². The highest BCUT2D eigenvalue weighted by Gasteiger charge is 2.12. The lowest BCUT2D eigenvalue weighted by Gasteiger charge is -2.13. The first kappa shape index (κ1) is 11.7. The Morgan fingerprint density at radius 1 is 1.38 bits per heavy atom. The fourth-order valence-corrected chi connectivity index (χ4v) is 3.02. The molecule has 0 radical (unpaired) electrons. The summed E-state index contributed by atoms with van der Waals surface area (Å²) in [6, 6.07) is 10.1. The van der Waals surface area contributed by atoms with Crippen molar-refractivity contribution in [2.24, 2.45) is 5.84 Å². The second kappa shape index (κ2) is 5.54. The molecule has 0 saturated heterocycles. The molecular weight excluding hydrogens is 286 g/mol. The van der Waals surface area contributed by atoms with Crippen molar-refractivity contribution in [2.75, 3.05) is 0 Å². The molecule has 3 N–H and O–H groups in total. The van der Waals surface area contributed by atoms with Crippen molar-refractivity contribution in [1.82, 2.24) is 10.4 Å². The molecule has 1 atom stereocenters. The van der Waals surface area contributed by atoms with Gasteiger partial charge in [-0.1, -0.05) is 6.07 Å². The molecule has 2 aromatic rings. The largest absolute Gasteiger partial charge is 0.271 e. The van der Waals surface area contributed by atoms with Gasteiger partial charge < -0.3 is 0 Å². The number of halogens is 1. The van der Waals surface area contributed by atoms with E-state index in [1.54, 1.807) is 17.5 Å². The third kappa shape index (κ3) is 2.89. The van der Waals surface area contributed by atoms with Crippen LogP contribution in [0.15, 0.2) is 40.3 Å². The van der Waals surface area contributed by atoms with Crippen LogP contribution in [0.4, 0.5) is 0 Å². The SMILES string of the molecule is NNC(Cc1ccc(Br)s1)c1ccccn1. The number of aromatic nitrogens is 1. The van der Waals surface area contributed by atoms with Crippen LogP contribution in [-0.4, -0.2) is 4.98 Å². The quantitative estimate of drug-likeness (QED) is 0.674. The number of nitrogens with zero attached hydrogens (tertiary/aromatic N) is 1. The molecule has 3 nitrogen and oxygen atoms in total. The Morgan fingerprint density at radius 3 is 2.81 bits per heavy atom. The molecule has 0 amide bonds. The second-order valence-corrected chi connectivity index (χ2v) is 5.93. The lowest BCUT2D eigenvalue weighted by molar-refractivity contribution is 0.542. The number of nitrogens with one attached hydrogen (secondary N) is 1. The van der Waals surface area contributed by atoms with Crippen molar-refractivity contribution in [3.8, 4) is 0 Å². The minimum Gasteiger partial charge on any atom is -0.271 e. The maximum Gasteiger partial charge on any atom is 0.0701 e. The van der Waals surface area contributed by atoms with Crippen LogP contribution in [0, 0.1) is 0 Å². The average molecular weight is 298 g/mol. The van der Waals surface area contributed by atoms with E-state index in [1.165, 1.54) is 4.88 Å². The molecular formula is C11H12BrN3S. The molecule has 0 bridgehead atoms. The van der Waals surface area contributed by atoms with Gasteiger partial charge in [0.1, 0.15) is 0 Å². The molecule has 2 rings (SSSR count). The highest BCUT2D eigenvalue weighted by molar-refractivity contribution is 9.11. The maximum atomic E-state index is 5.56. The molecule has 5 heteroatoms. The highest BCUT2D eigenvalue weighted by Crippen LogP contribution is 2.25. The molecule has 16 heavy (non-hydrogen) atoms. The van der Waals surface area contributed by atoms with E-state index in [1.807, 2.05) is 24.3 Å². The standard InChI is InChI=1S/C11H12BrN3S/c12-11-5-4-8(16-11)7-10(15-13)9-3-1-2-6-14-9/h1-6,10,15H,7,13H2. The summed E-state index contributed by atoms with van der Waals surface area (Å²) >= 11 is 5.17. The summed E-state index contributed by atoms with van der Waals surface area (Å²) in [5, 5.41) is 0. The van der Waals surface area contributed by atoms with Gasteiger partial charge in [-0.2, -0.15) is 0 Å². The van der Waals surface area contributed by atoms with E-state index < -0.39 is 0 Å². The summed E-state index contributed by atoms with van der Waals surface area (Å²) in [4.78, 5) is 5.58. The van der Waals surface area contributed by atoms with Crippen LogP contribution in [0.2, 0.25) is 0 Å². The summed E-state index contributed by atoms with van der Waals surface area (Å²) in [5.41, 5.74) is 3.77.